The van der Waals surface area contributed by atoms with Crippen LogP contribution in [0.3, 0.4) is 0 Å². The largest absolute Gasteiger partial charge is 0.354 e. The van der Waals surface area contributed by atoms with Gasteiger partial charge in [-0.25, -0.2) is 4.98 Å². The van der Waals surface area contributed by atoms with Crippen molar-refractivity contribution in [2.24, 2.45) is 0 Å². The highest BCUT2D eigenvalue weighted by atomic mass is 35.5. The van der Waals surface area contributed by atoms with Gasteiger partial charge in [-0.2, -0.15) is 0 Å². The summed E-state index contributed by atoms with van der Waals surface area (Å²) in [5, 5.41) is 3.15. The SMILES string of the molecule is O=C1CN(Cc2cnc(Cl)cn2)CCN1. The molecule has 1 aliphatic rings. The number of rotatable bonds is 2. The Balaban J connectivity index is 1.96. The summed E-state index contributed by atoms with van der Waals surface area (Å²) < 4.78 is 0. The molecule has 0 atom stereocenters. The van der Waals surface area contributed by atoms with Crippen LogP contribution < -0.4 is 5.32 Å². The van der Waals surface area contributed by atoms with Gasteiger partial charge in [0, 0.05) is 19.6 Å². The lowest BCUT2D eigenvalue weighted by Crippen LogP contribution is -2.47. The Morgan fingerprint density at radius 3 is 3.00 bits per heavy atom. The topological polar surface area (TPSA) is 58.1 Å². The highest BCUT2D eigenvalue weighted by Crippen LogP contribution is 2.05. The second-order valence-corrected chi connectivity index (χ2v) is 3.78. The van der Waals surface area contributed by atoms with E-state index in [9.17, 15) is 4.79 Å². The highest BCUT2D eigenvalue weighted by molar-refractivity contribution is 6.29. The molecule has 0 aliphatic carbocycles. The van der Waals surface area contributed by atoms with Gasteiger partial charge in [-0.15, -0.1) is 0 Å². The van der Waals surface area contributed by atoms with Crippen molar-refractivity contribution in [3.05, 3.63) is 23.2 Å². The van der Waals surface area contributed by atoms with Gasteiger partial charge in [-0.1, -0.05) is 11.6 Å². The van der Waals surface area contributed by atoms with E-state index in [4.69, 9.17) is 11.6 Å². The molecule has 0 unspecified atom stereocenters. The molecule has 0 aromatic carbocycles. The number of aromatic nitrogens is 2. The smallest absolute Gasteiger partial charge is 0.234 e. The molecule has 6 heteroatoms. The number of nitrogens with one attached hydrogen (secondary N) is 1. The monoisotopic (exact) mass is 226 g/mol. The predicted octanol–water partition coefficient (Wildman–Crippen LogP) is 0.0618. The maximum absolute atomic E-state index is 11.1. The van der Waals surface area contributed by atoms with Gasteiger partial charge in [0.05, 0.1) is 24.6 Å². The fourth-order valence-electron chi connectivity index (χ4n) is 1.48. The van der Waals surface area contributed by atoms with E-state index < -0.39 is 0 Å². The Labute approximate surface area is 92.5 Å². The first kappa shape index (κ1) is 10.3. The average molecular weight is 227 g/mol. The second kappa shape index (κ2) is 4.55. The number of nitrogens with zero attached hydrogens (tertiary/aromatic N) is 3. The van der Waals surface area contributed by atoms with Gasteiger partial charge < -0.3 is 5.32 Å². The number of carbonyl (C=O) groups excluding carboxylic acids is 1. The van der Waals surface area contributed by atoms with Crippen molar-refractivity contribution >= 4 is 17.5 Å². The van der Waals surface area contributed by atoms with Crippen molar-refractivity contribution in [1.82, 2.24) is 20.2 Å². The molecular formula is C9H11ClN4O. The van der Waals surface area contributed by atoms with Crippen LogP contribution in [-0.2, 0) is 11.3 Å². The van der Waals surface area contributed by atoms with E-state index >= 15 is 0 Å². The van der Waals surface area contributed by atoms with E-state index in [0.717, 1.165) is 12.2 Å². The molecule has 1 amide bonds. The lowest BCUT2D eigenvalue weighted by molar-refractivity contribution is -0.124. The van der Waals surface area contributed by atoms with Gasteiger partial charge in [-0.05, 0) is 0 Å². The molecule has 2 rings (SSSR count). The van der Waals surface area contributed by atoms with Crippen LogP contribution in [0.25, 0.3) is 0 Å². The van der Waals surface area contributed by atoms with E-state index in [-0.39, 0.29) is 5.91 Å². The van der Waals surface area contributed by atoms with Gasteiger partial charge in [0.15, 0.2) is 0 Å². The van der Waals surface area contributed by atoms with Crippen LogP contribution in [0.5, 0.6) is 0 Å². The van der Waals surface area contributed by atoms with Crippen LogP contribution in [-0.4, -0.2) is 40.4 Å². The molecule has 1 aromatic heterocycles. The quantitative estimate of drug-likeness (QED) is 0.775. The van der Waals surface area contributed by atoms with Crippen molar-refractivity contribution in [3.63, 3.8) is 0 Å². The maximum Gasteiger partial charge on any atom is 0.234 e. The molecule has 1 aromatic rings. The molecule has 1 fully saturated rings. The molecule has 1 saturated heterocycles. The fourth-order valence-corrected chi connectivity index (χ4v) is 1.57. The number of halogens is 1. The fraction of sp³-hybridized carbons (Fsp3) is 0.444. The summed E-state index contributed by atoms with van der Waals surface area (Å²) in [5.41, 5.74) is 0.828. The number of hydrogen-bond donors (Lipinski definition) is 1. The minimum atomic E-state index is 0.0585. The standard InChI is InChI=1S/C9H11ClN4O/c10-8-4-12-7(3-13-8)5-14-2-1-11-9(15)6-14/h3-4H,1-2,5-6H2,(H,11,15). The highest BCUT2D eigenvalue weighted by Gasteiger charge is 2.16. The van der Waals surface area contributed by atoms with Gasteiger partial charge in [0.1, 0.15) is 5.15 Å². The van der Waals surface area contributed by atoms with E-state index in [1.807, 2.05) is 4.90 Å². The first-order valence-corrected chi connectivity index (χ1v) is 5.07. The summed E-state index contributed by atoms with van der Waals surface area (Å²) in [6.07, 6.45) is 3.15. The van der Waals surface area contributed by atoms with Gasteiger partial charge in [0.25, 0.3) is 0 Å². The van der Waals surface area contributed by atoms with Crippen LogP contribution in [0.15, 0.2) is 12.4 Å². The summed E-state index contributed by atoms with van der Waals surface area (Å²) in [4.78, 5) is 21.2. The van der Waals surface area contributed by atoms with Crippen molar-refractivity contribution in [2.45, 2.75) is 6.54 Å². The first-order chi connectivity index (χ1) is 7.24. The van der Waals surface area contributed by atoms with Crippen molar-refractivity contribution in [1.29, 1.82) is 0 Å². The molecule has 0 saturated carbocycles. The molecule has 0 spiro atoms. The average Bonchev–Trinajstić information content (AvgIpc) is 2.22. The van der Waals surface area contributed by atoms with Crippen molar-refractivity contribution in [3.8, 4) is 0 Å². The van der Waals surface area contributed by atoms with Crippen molar-refractivity contribution < 1.29 is 4.79 Å². The minimum absolute atomic E-state index is 0.0585. The molecule has 2 heterocycles. The third kappa shape index (κ3) is 2.87. The summed E-state index contributed by atoms with van der Waals surface area (Å²) in [6.45, 7) is 2.60. The molecule has 0 radical (unpaired) electrons. The number of carbonyl (C=O) groups is 1. The molecule has 80 valence electrons. The van der Waals surface area contributed by atoms with E-state index in [2.05, 4.69) is 15.3 Å². The molecule has 1 N–H and O–H groups in total. The number of amides is 1. The summed E-state index contributed by atoms with van der Waals surface area (Å²) in [5.74, 6) is 0.0585. The van der Waals surface area contributed by atoms with Crippen molar-refractivity contribution in [2.75, 3.05) is 19.6 Å². The third-order valence-corrected chi connectivity index (χ3v) is 2.37. The van der Waals surface area contributed by atoms with Gasteiger partial charge >= 0.3 is 0 Å². The lowest BCUT2D eigenvalue weighted by atomic mass is 10.3. The zero-order chi connectivity index (χ0) is 10.7. The lowest BCUT2D eigenvalue weighted by Gasteiger charge is -2.25. The van der Waals surface area contributed by atoms with Gasteiger partial charge in [0.2, 0.25) is 5.91 Å². The Bertz CT molecular complexity index is 354. The van der Waals surface area contributed by atoms with Crippen LogP contribution >= 0.6 is 11.6 Å². The Morgan fingerprint density at radius 1 is 1.47 bits per heavy atom. The van der Waals surface area contributed by atoms with Crippen LogP contribution in [0.1, 0.15) is 5.69 Å². The Morgan fingerprint density at radius 2 is 2.33 bits per heavy atom. The molecule has 0 bridgehead atoms. The Kier molecular flexibility index (Phi) is 3.13. The molecule has 1 aliphatic heterocycles. The summed E-state index contributed by atoms with van der Waals surface area (Å²) in [7, 11) is 0. The third-order valence-electron chi connectivity index (χ3n) is 2.18. The number of hydrogen-bond acceptors (Lipinski definition) is 4. The summed E-state index contributed by atoms with van der Waals surface area (Å²) in [6, 6.07) is 0. The predicted molar refractivity (Wildman–Crippen MR) is 55.3 cm³/mol. The van der Waals surface area contributed by atoms with Gasteiger partial charge in [-0.3, -0.25) is 14.7 Å². The first-order valence-electron chi connectivity index (χ1n) is 4.69. The second-order valence-electron chi connectivity index (χ2n) is 3.39. The molecule has 15 heavy (non-hydrogen) atoms. The maximum atomic E-state index is 11.1. The zero-order valence-corrected chi connectivity index (χ0v) is 8.87. The summed E-state index contributed by atoms with van der Waals surface area (Å²) >= 11 is 5.63. The molecular weight excluding hydrogens is 216 g/mol. The minimum Gasteiger partial charge on any atom is -0.354 e. The van der Waals surface area contributed by atoms with Crippen LogP contribution in [0, 0.1) is 0 Å². The van der Waals surface area contributed by atoms with E-state index in [0.29, 0.717) is 24.8 Å². The van der Waals surface area contributed by atoms with Crippen LogP contribution in [0.4, 0.5) is 0 Å². The van der Waals surface area contributed by atoms with E-state index in [1.54, 1.807) is 6.20 Å². The molecule has 5 nitrogen and oxygen atoms in total. The normalized spacial score (nSPS) is 17.5. The zero-order valence-electron chi connectivity index (χ0n) is 8.11. The number of piperazine rings is 1. The van der Waals surface area contributed by atoms with Crippen LogP contribution in [0.2, 0.25) is 5.15 Å². The van der Waals surface area contributed by atoms with E-state index in [1.165, 1.54) is 6.20 Å². The Hall–Kier alpha value is -1.20.